The molecular formula is C16H16F2. The molecule has 0 bridgehead atoms. The van der Waals surface area contributed by atoms with Crippen molar-refractivity contribution in [3.05, 3.63) is 58.2 Å². The fraction of sp³-hybridized carbons (Fsp3) is 0.250. The monoisotopic (exact) mass is 246 g/mol. The fourth-order valence-electron chi connectivity index (χ4n) is 2.23. The summed E-state index contributed by atoms with van der Waals surface area (Å²) in [5, 5.41) is 0. The summed E-state index contributed by atoms with van der Waals surface area (Å²) in [5.74, 6) is -0.344. The van der Waals surface area contributed by atoms with Crippen LogP contribution in [-0.4, -0.2) is 0 Å². The Morgan fingerprint density at radius 2 is 0.778 bits per heavy atom. The highest BCUT2D eigenvalue weighted by molar-refractivity contribution is 5.67. The van der Waals surface area contributed by atoms with Gasteiger partial charge in [-0.05, 0) is 85.3 Å². The van der Waals surface area contributed by atoms with Crippen molar-refractivity contribution in [1.29, 1.82) is 0 Å². The van der Waals surface area contributed by atoms with E-state index in [1.54, 1.807) is 52.0 Å². The van der Waals surface area contributed by atoms with E-state index in [9.17, 15) is 8.78 Å². The molecule has 0 saturated heterocycles. The average Bonchev–Trinajstić information content (AvgIpc) is 2.31. The topological polar surface area (TPSA) is 0 Å². The van der Waals surface area contributed by atoms with E-state index in [2.05, 4.69) is 0 Å². The van der Waals surface area contributed by atoms with Gasteiger partial charge in [-0.1, -0.05) is 0 Å². The van der Waals surface area contributed by atoms with Crippen LogP contribution >= 0.6 is 0 Å². The third kappa shape index (κ3) is 2.15. The van der Waals surface area contributed by atoms with Crippen LogP contribution in [0.3, 0.4) is 0 Å². The molecule has 0 aliphatic carbocycles. The Bertz CT molecular complexity index is 511. The molecule has 0 atom stereocenters. The number of halogens is 2. The summed E-state index contributed by atoms with van der Waals surface area (Å²) in [6.45, 7) is 6.98. The van der Waals surface area contributed by atoms with Crippen LogP contribution in [0.15, 0.2) is 24.3 Å². The molecule has 0 aliphatic rings. The fourth-order valence-corrected chi connectivity index (χ4v) is 2.23. The molecule has 0 unspecified atom stereocenters. The van der Waals surface area contributed by atoms with Gasteiger partial charge in [0.15, 0.2) is 0 Å². The van der Waals surface area contributed by atoms with Gasteiger partial charge in [-0.3, -0.25) is 0 Å². The van der Waals surface area contributed by atoms with E-state index >= 15 is 0 Å². The summed E-state index contributed by atoms with van der Waals surface area (Å²) in [5.41, 5.74) is 4.32. The van der Waals surface area contributed by atoms with Crippen molar-refractivity contribution in [3.8, 4) is 11.1 Å². The summed E-state index contributed by atoms with van der Waals surface area (Å²) in [6, 6.07) is 7.20. The molecule has 0 aliphatic heterocycles. The molecule has 2 heteroatoms. The molecule has 0 N–H and O–H groups in total. The molecule has 0 nitrogen and oxygen atoms in total. The van der Waals surface area contributed by atoms with E-state index < -0.39 is 0 Å². The van der Waals surface area contributed by atoms with Crippen molar-refractivity contribution in [3.63, 3.8) is 0 Å². The van der Waals surface area contributed by atoms with Crippen molar-refractivity contribution >= 4 is 0 Å². The maximum absolute atomic E-state index is 13.6. The van der Waals surface area contributed by atoms with Gasteiger partial charge in [0.1, 0.15) is 11.6 Å². The first kappa shape index (κ1) is 12.7. The largest absolute Gasteiger partial charge is 0.206 e. The lowest BCUT2D eigenvalue weighted by Crippen LogP contribution is -1.93. The third-order valence-electron chi connectivity index (χ3n) is 3.21. The normalized spacial score (nSPS) is 10.8. The van der Waals surface area contributed by atoms with Gasteiger partial charge in [0, 0.05) is 0 Å². The zero-order valence-corrected chi connectivity index (χ0v) is 11.1. The van der Waals surface area contributed by atoms with Gasteiger partial charge in [0.2, 0.25) is 0 Å². The minimum atomic E-state index is -0.172. The molecule has 0 saturated carbocycles. The number of hydrogen-bond acceptors (Lipinski definition) is 0. The molecule has 18 heavy (non-hydrogen) atoms. The molecule has 0 radical (unpaired) electrons. The first-order valence-electron chi connectivity index (χ1n) is 5.94. The lowest BCUT2D eigenvalue weighted by Gasteiger charge is -2.10. The molecule has 2 rings (SSSR count). The van der Waals surface area contributed by atoms with Gasteiger partial charge in [-0.2, -0.15) is 0 Å². The summed E-state index contributed by atoms with van der Waals surface area (Å²) in [4.78, 5) is 0. The lowest BCUT2D eigenvalue weighted by atomic mass is 9.97. The molecule has 0 aromatic heterocycles. The number of benzene rings is 2. The van der Waals surface area contributed by atoms with E-state index in [1.165, 1.54) is 0 Å². The van der Waals surface area contributed by atoms with Crippen molar-refractivity contribution < 1.29 is 8.78 Å². The third-order valence-corrected chi connectivity index (χ3v) is 3.21. The highest BCUT2D eigenvalue weighted by Gasteiger charge is 2.09. The van der Waals surface area contributed by atoms with Gasteiger partial charge < -0.3 is 0 Å². The molecule has 94 valence electrons. The zero-order valence-electron chi connectivity index (χ0n) is 11.1. The molecular weight excluding hydrogens is 230 g/mol. The van der Waals surface area contributed by atoms with Crippen LogP contribution in [0.1, 0.15) is 22.3 Å². The van der Waals surface area contributed by atoms with E-state index in [4.69, 9.17) is 0 Å². The summed E-state index contributed by atoms with van der Waals surface area (Å²) in [6.07, 6.45) is 0. The first-order chi connectivity index (χ1) is 8.40. The summed E-state index contributed by atoms with van der Waals surface area (Å²) >= 11 is 0. The van der Waals surface area contributed by atoms with Crippen LogP contribution in [0.2, 0.25) is 0 Å². The molecule has 2 aromatic rings. The predicted octanol–water partition coefficient (Wildman–Crippen LogP) is 4.87. The quantitative estimate of drug-likeness (QED) is 0.673. The van der Waals surface area contributed by atoms with Gasteiger partial charge in [0.05, 0.1) is 0 Å². The molecule has 0 spiro atoms. The average molecular weight is 246 g/mol. The molecule has 2 aromatic carbocycles. The van der Waals surface area contributed by atoms with Gasteiger partial charge >= 0.3 is 0 Å². The minimum Gasteiger partial charge on any atom is -0.206 e. The second-order valence-electron chi connectivity index (χ2n) is 4.85. The van der Waals surface area contributed by atoms with Crippen molar-refractivity contribution in [1.82, 2.24) is 0 Å². The van der Waals surface area contributed by atoms with Crippen LogP contribution in [0.5, 0.6) is 0 Å². The molecule has 0 heterocycles. The number of rotatable bonds is 1. The van der Waals surface area contributed by atoms with Crippen LogP contribution < -0.4 is 0 Å². The second kappa shape index (κ2) is 4.52. The molecule has 0 amide bonds. The standard InChI is InChI=1S/C16H16F2/c1-9-5-13(6-10(2)15(9)17)14-7-11(3)16(18)12(4)8-14/h5-8H,1-4H3. The Labute approximate surface area is 106 Å². The van der Waals surface area contributed by atoms with E-state index in [-0.39, 0.29) is 11.6 Å². The Morgan fingerprint density at radius 1 is 0.556 bits per heavy atom. The van der Waals surface area contributed by atoms with Gasteiger partial charge in [-0.25, -0.2) is 8.78 Å². The Hall–Kier alpha value is -1.70. The minimum absolute atomic E-state index is 0.172. The molecule has 0 fully saturated rings. The lowest BCUT2D eigenvalue weighted by molar-refractivity contribution is 0.608. The van der Waals surface area contributed by atoms with Gasteiger partial charge in [0.25, 0.3) is 0 Å². The number of aryl methyl sites for hydroxylation is 4. The highest BCUT2D eigenvalue weighted by atomic mass is 19.1. The number of hydrogen-bond donors (Lipinski definition) is 0. The van der Waals surface area contributed by atoms with Crippen LogP contribution in [0.4, 0.5) is 8.78 Å². The van der Waals surface area contributed by atoms with Crippen LogP contribution in [-0.2, 0) is 0 Å². The van der Waals surface area contributed by atoms with E-state index in [0.717, 1.165) is 11.1 Å². The summed E-state index contributed by atoms with van der Waals surface area (Å²) in [7, 11) is 0. The van der Waals surface area contributed by atoms with E-state index in [1.807, 2.05) is 0 Å². The summed E-state index contributed by atoms with van der Waals surface area (Å²) < 4.78 is 27.2. The van der Waals surface area contributed by atoms with Crippen molar-refractivity contribution in [2.45, 2.75) is 27.7 Å². The SMILES string of the molecule is Cc1cc(-c2cc(C)c(F)c(C)c2)cc(C)c1F. The van der Waals surface area contributed by atoms with Crippen LogP contribution in [0, 0.1) is 39.3 Å². The zero-order chi connectivity index (χ0) is 13.4. The Morgan fingerprint density at radius 3 is 1.00 bits per heavy atom. The Kier molecular flexibility index (Phi) is 3.20. The highest BCUT2D eigenvalue weighted by Crippen LogP contribution is 2.27. The first-order valence-corrected chi connectivity index (χ1v) is 5.94. The van der Waals surface area contributed by atoms with Gasteiger partial charge in [-0.15, -0.1) is 0 Å². The van der Waals surface area contributed by atoms with Crippen molar-refractivity contribution in [2.24, 2.45) is 0 Å². The van der Waals surface area contributed by atoms with Crippen molar-refractivity contribution in [2.75, 3.05) is 0 Å². The van der Waals surface area contributed by atoms with E-state index in [0.29, 0.717) is 22.3 Å². The Balaban J connectivity index is 2.63. The van der Waals surface area contributed by atoms with Crippen LogP contribution in [0.25, 0.3) is 11.1 Å². The second-order valence-corrected chi connectivity index (χ2v) is 4.85. The maximum atomic E-state index is 13.6. The maximum Gasteiger partial charge on any atom is 0.129 e. The predicted molar refractivity (Wildman–Crippen MR) is 70.7 cm³/mol. The smallest absolute Gasteiger partial charge is 0.129 e.